The molecule has 3 rings (SSSR count). The first kappa shape index (κ1) is 23.4. The molecule has 0 aliphatic heterocycles. The number of anilines is 1. The maximum atomic E-state index is 12.9. The van der Waals surface area contributed by atoms with Crippen LogP contribution in [0.15, 0.2) is 71.6 Å². The number of carbonyl (C=O) groups excluding carboxylic acids is 1. The van der Waals surface area contributed by atoms with E-state index in [1.54, 1.807) is 51.6 Å². The number of halogens is 1. The van der Waals surface area contributed by atoms with Crippen LogP contribution in [-0.4, -0.2) is 40.5 Å². The standard InChI is InChI=1S/C23H23ClN2O5S/c1-26(15-16-9-12-21(30-2)22(13-16)31-3)23(27)19-11-10-17(14-20(19)24)25-32(28,29)18-7-5-4-6-8-18/h4-14,25H,15H2,1-3H3. The van der Waals surface area contributed by atoms with Crippen LogP contribution in [0, 0.1) is 0 Å². The molecule has 9 heteroatoms. The first-order chi connectivity index (χ1) is 15.2. The molecule has 7 nitrogen and oxygen atoms in total. The summed E-state index contributed by atoms with van der Waals surface area (Å²) in [6, 6.07) is 17.8. The van der Waals surface area contributed by atoms with E-state index in [-0.39, 0.29) is 27.1 Å². The molecule has 0 aliphatic carbocycles. The number of hydrogen-bond donors (Lipinski definition) is 1. The van der Waals surface area contributed by atoms with Gasteiger partial charge in [-0.2, -0.15) is 0 Å². The number of rotatable bonds is 8. The van der Waals surface area contributed by atoms with Gasteiger partial charge in [-0.15, -0.1) is 0 Å². The summed E-state index contributed by atoms with van der Waals surface area (Å²) in [5, 5.41) is 0.141. The number of carbonyl (C=O) groups is 1. The van der Waals surface area contributed by atoms with E-state index in [2.05, 4.69) is 4.72 Å². The quantitative estimate of drug-likeness (QED) is 0.522. The van der Waals surface area contributed by atoms with Gasteiger partial charge in [-0.05, 0) is 48.0 Å². The lowest BCUT2D eigenvalue weighted by Gasteiger charge is -2.19. The Morgan fingerprint density at radius 3 is 2.28 bits per heavy atom. The molecule has 3 aromatic carbocycles. The number of benzene rings is 3. The molecule has 0 saturated carbocycles. The van der Waals surface area contributed by atoms with Crippen molar-refractivity contribution in [1.82, 2.24) is 4.90 Å². The van der Waals surface area contributed by atoms with Crippen molar-refractivity contribution in [3.05, 3.63) is 82.9 Å². The number of ether oxygens (including phenoxy) is 2. The fraction of sp³-hybridized carbons (Fsp3) is 0.174. The minimum atomic E-state index is -3.76. The van der Waals surface area contributed by atoms with Gasteiger partial charge in [0.25, 0.3) is 15.9 Å². The fourth-order valence-corrected chi connectivity index (χ4v) is 4.43. The van der Waals surface area contributed by atoms with E-state index in [0.717, 1.165) is 5.56 Å². The summed E-state index contributed by atoms with van der Waals surface area (Å²) in [5.41, 5.74) is 1.37. The Balaban J connectivity index is 1.75. The van der Waals surface area contributed by atoms with E-state index in [4.69, 9.17) is 21.1 Å². The third-order valence-electron chi connectivity index (χ3n) is 4.72. The van der Waals surface area contributed by atoms with Crippen molar-refractivity contribution >= 4 is 33.2 Å². The molecule has 0 bridgehead atoms. The fourth-order valence-electron chi connectivity index (χ4n) is 3.10. The second-order valence-electron chi connectivity index (χ2n) is 6.96. The van der Waals surface area contributed by atoms with Gasteiger partial charge in [-0.1, -0.05) is 35.9 Å². The Morgan fingerprint density at radius 2 is 1.66 bits per heavy atom. The second-order valence-corrected chi connectivity index (χ2v) is 9.05. The third-order valence-corrected chi connectivity index (χ3v) is 6.43. The van der Waals surface area contributed by atoms with E-state index in [0.29, 0.717) is 18.0 Å². The van der Waals surface area contributed by atoms with Gasteiger partial charge in [-0.3, -0.25) is 9.52 Å². The third kappa shape index (κ3) is 5.33. The predicted octanol–water partition coefficient (Wildman–Crippen LogP) is 4.43. The summed E-state index contributed by atoms with van der Waals surface area (Å²) in [4.78, 5) is 14.6. The Bertz CT molecular complexity index is 1220. The highest BCUT2D eigenvalue weighted by Gasteiger charge is 2.19. The zero-order chi connectivity index (χ0) is 23.3. The van der Waals surface area contributed by atoms with Crippen LogP contribution in [-0.2, 0) is 16.6 Å². The molecule has 0 atom stereocenters. The van der Waals surface area contributed by atoms with Crippen molar-refractivity contribution in [2.75, 3.05) is 26.0 Å². The molecule has 0 radical (unpaired) electrons. The molecule has 0 aromatic heterocycles. The van der Waals surface area contributed by atoms with E-state index in [9.17, 15) is 13.2 Å². The Morgan fingerprint density at radius 1 is 0.969 bits per heavy atom. The maximum Gasteiger partial charge on any atom is 0.261 e. The van der Waals surface area contributed by atoms with Crippen molar-refractivity contribution < 1.29 is 22.7 Å². The van der Waals surface area contributed by atoms with Gasteiger partial charge in [0.1, 0.15) is 0 Å². The van der Waals surface area contributed by atoms with Gasteiger partial charge in [0.05, 0.1) is 35.4 Å². The van der Waals surface area contributed by atoms with Crippen LogP contribution in [0.2, 0.25) is 5.02 Å². The number of hydrogen-bond acceptors (Lipinski definition) is 5. The first-order valence-electron chi connectivity index (χ1n) is 9.59. The zero-order valence-electron chi connectivity index (χ0n) is 17.8. The number of amides is 1. The maximum absolute atomic E-state index is 12.9. The smallest absolute Gasteiger partial charge is 0.261 e. The van der Waals surface area contributed by atoms with Crippen LogP contribution < -0.4 is 14.2 Å². The van der Waals surface area contributed by atoms with Crippen molar-refractivity contribution in [1.29, 1.82) is 0 Å². The summed E-state index contributed by atoms with van der Waals surface area (Å²) in [6.45, 7) is 0.317. The summed E-state index contributed by atoms with van der Waals surface area (Å²) >= 11 is 6.31. The van der Waals surface area contributed by atoms with E-state index < -0.39 is 10.0 Å². The Labute approximate surface area is 192 Å². The zero-order valence-corrected chi connectivity index (χ0v) is 19.4. The Kier molecular flexibility index (Phi) is 7.27. The highest BCUT2D eigenvalue weighted by Crippen LogP contribution is 2.29. The van der Waals surface area contributed by atoms with Gasteiger partial charge in [-0.25, -0.2) is 8.42 Å². The van der Waals surface area contributed by atoms with E-state index in [1.807, 2.05) is 6.07 Å². The average molecular weight is 475 g/mol. The van der Waals surface area contributed by atoms with Crippen LogP contribution in [0.4, 0.5) is 5.69 Å². The summed E-state index contributed by atoms with van der Waals surface area (Å²) in [5.74, 6) is 0.864. The second kappa shape index (κ2) is 9.93. The average Bonchev–Trinajstić information content (AvgIpc) is 2.79. The minimum Gasteiger partial charge on any atom is -0.493 e. The molecule has 1 N–H and O–H groups in total. The van der Waals surface area contributed by atoms with Crippen LogP contribution in [0.25, 0.3) is 0 Å². The molecule has 0 saturated heterocycles. The van der Waals surface area contributed by atoms with Gasteiger partial charge in [0.15, 0.2) is 11.5 Å². The summed E-state index contributed by atoms with van der Waals surface area (Å²) in [6.07, 6.45) is 0. The van der Waals surface area contributed by atoms with Crippen LogP contribution in [0.3, 0.4) is 0 Å². The Hall–Kier alpha value is -3.23. The van der Waals surface area contributed by atoms with Gasteiger partial charge in [0, 0.05) is 13.6 Å². The molecule has 3 aromatic rings. The monoisotopic (exact) mass is 474 g/mol. The van der Waals surface area contributed by atoms with Crippen LogP contribution >= 0.6 is 11.6 Å². The van der Waals surface area contributed by atoms with Gasteiger partial charge >= 0.3 is 0 Å². The van der Waals surface area contributed by atoms with Crippen LogP contribution in [0.1, 0.15) is 15.9 Å². The lowest BCUT2D eigenvalue weighted by atomic mass is 10.1. The number of nitrogens with zero attached hydrogens (tertiary/aromatic N) is 1. The highest BCUT2D eigenvalue weighted by atomic mass is 35.5. The first-order valence-corrected chi connectivity index (χ1v) is 11.4. The molecule has 0 spiro atoms. The van der Waals surface area contributed by atoms with Gasteiger partial charge < -0.3 is 14.4 Å². The SMILES string of the molecule is COc1ccc(CN(C)C(=O)c2ccc(NS(=O)(=O)c3ccccc3)cc2Cl)cc1OC. The molecule has 0 fully saturated rings. The molecule has 168 valence electrons. The van der Waals surface area contributed by atoms with Crippen molar-refractivity contribution in [2.24, 2.45) is 0 Å². The van der Waals surface area contributed by atoms with Crippen molar-refractivity contribution in [2.45, 2.75) is 11.4 Å². The topological polar surface area (TPSA) is 84.9 Å². The molecule has 1 amide bonds. The van der Waals surface area contributed by atoms with Crippen molar-refractivity contribution in [3.63, 3.8) is 0 Å². The molecule has 0 heterocycles. The number of methoxy groups -OCH3 is 2. The highest BCUT2D eigenvalue weighted by molar-refractivity contribution is 7.92. The van der Waals surface area contributed by atoms with Crippen LogP contribution in [0.5, 0.6) is 11.5 Å². The van der Waals surface area contributed by atoms with Gasteiger partial charge in [0.2, 0.25) is 0 Å². The number of sulfonamides is 1. The molecular weight excluding hydrogens is 452 g/mol. The molecular formula is C23H23ClN2O5S. The lowest BCUT2D eigenvalue weighted by molar-refractivity contribution is 0.0785. The summed E-state index contributed by atoms with van der Waals surface area (Å²) in [7, 11) is 0.995. The van der Waals surface area contributed by atoms with E-state index >= 15 is 0 Å². The minimum absolute atomic E-state index is 0.130. The number of nitrogens with one attached hydrogen (secondary N) is 1. The normalized spacial score (nSPS) is 11.0. The lowest BCUT2D eigenvalue weighted by Crippen LogP contribution is -2.26. The molecule has 32 heavy (non-hydrogen) atoms. The van der Waals surface area contributed by atoms with E-state index in [1.165, 1.54) is 35.2 Å². The molecule has 0 unspecified atom stereocenters. The largest absolute Gasteiger partial charge is 0.493 e. The van der Waals surface area contributed by atoms with Crippen molar-refractivity contribution in [3.8, 4) is 11.5 Å². The summed E-state index contributed by atoms with van der Waals surface area (Å²) < 4.78 is 38.0. The predicted molar refractivity (Wildman–Crippen MR) is 124 cm³/mol. The molecule has 0 aliphatic rings.